The minimum atomic E-state index is 0.0823. The molecule has 0 unspecified atom stereocenters. The van der Waals surface area contributed by atoms with Gasteiger partial charge < -0.3 is 11.1 Å². The molecule has 0 radical (unpaired) electrons. The van der Waals surface area contributed by atoms with Crippen LogP contribution in [-0.4, -0.2) is 29.5 Å². The molecule has 31 heavy (non-hydrogen) atoms. The second-order valence-electron chi connectivity index (χ2n) is 7.13. The lowest BCUT2D eigenvalue weighted by Gasteiger charge is -2.14. The third kappa shape index (κ3) is 3.78. The first-order valence-corrected chi connectivity index (χ1v) is 9.88. The molecule has 8 heteroatoms. The van der Waals surface area contributed by atoms with Crippen LogP contribution in [0, 0.1) is 0 Å². The number of imidazole rings is 1. The highest BCUT2D eigenvalue weighted by Crippen LogP contribution is 2.24. The first-order valence-electron chi connectivity index (χ1n) is 9.88. The van der Waals surface area contributed by atoms with Crippen LogP contribution in [0.4, 0.5) is 11.9 Å². The predicted octanol–water partition coefficient (Wildman–Crippen LogP) is 4.03. The Morgan fingerprint density at radius 3 is 2.58 bits per heavy atom. The van der Waals surface area contributed by atoms with Crippen LogP contribution in [0.3, 0.4) is 0 Å². The normalized spacial score (nSPS) is 12.0. The van der Waals surface area contributed by atoms with Crippen molar-refractivity contribution in [2.45, 2.75) is 13.0 Å². The Bertz CT molecular complexity index is 1350. The van der Waals surface area contributed by atoms with Crippen LogP contribution in [-0.2, 0) is 0 Å². The van der Waals surface area contributed by atoms with Gasteiger partial charge in [-0.15, -0.1) is 0 Å². The number of benzene rings is 2. The van der Waals surface area contributed by atoms with Gasteiger partial charge in [-0.1, -0.05) is 36.4 Å². The molecule has 3 N–H and O–H groups in total. The van der Waals surface area contributed by atoms with Gasteiger partial charge in [0.05, 0.1) is 22.8 Å². The van der Waals surface area contributed by atoms with Gasteiger partial charge in [0.25, 0.3) is 0 Å². The van der Waals surface area contributed by atoms with E-state index in [9.17, 15) is 0 Å². The molecule has 5 aromatic rings. The summed E-state index contributed by atoms with van der Waals surface area (Å²) < 4.78 is 1.94. The van der Waals surface area contributed by atoms with Crippen LogP contribution >= 0.6 is 0 Å². The molecule has 152 valence electrons. The standard InChI is InChI=1S/C23H20N8/c1-15(16-5-3-2-4-6-16)28-23-26-12-10-21(30-23)31-14-27-19-13-17(7-8-20(19)31)18-9-11-25-22(24)29-18/h2-15H,1H3,(H2,24,25,29)(H,26,28,30)/t15-/m0/s1. The molecule has 0 amide bonds. The lowest BCUT2D eigenvalue weighted by atomic mass is 10.1. The van der Waals surface area contributed by atoms with Crippen molar-refractivity contribution in [1.82, 2.24) is 29.5 Å². The fraction of sp³-hybridized carbons (Fsp3) is 0.0870. The SMILES string of the molecule is C[C@H](Nc1nccc(-n2cnc3cc(-c4ccnc(N)n4)ccc32)n1)c1ccccc1. The lowest BCUT2D eigenvalue weighted by molar-refractivity contribution is 0.854. The first-order chi connectivity index (χ1) is 15.2. The van der Waals surface area contributed by atoms with Gasteiger partial charge in [0.1, 0.15) is 12.1 Å². The highest BCUT2D eigenvalue weighted by atomic mass is 15.2. The van der Waals surface area contributed by atoms with Gasteiger partial charge in [0.2, 0.25) is 11.9 Å². The van der Waals surface area contributed by atoms with E-state index in [-0.39, 0.29) is 12.0 Å². The van der Waals surface area contributed by atoms with E-state index in [1.807, 2.05) is 53.1 Å². The van der Waals surface area contributed by atoms with Crippen molar-refractivity contribution in [3.8, 4) is 17.1 Å². The van der Waals surface area contributed by atoms with Crippen molar-refractivity contribution < 1.29 is 0 Å². The maximum Gasteiger partial charge on any atom is 0.225 e. The Balaban J connectivity index is 1.45. The summed E-state index contributed by atoms with van der Waals surface area (Å²) in [6.45, 7) is 2.08. The second kappa shape index (κ2) is 7.83. The van der Waals surface area contributed by atoms with E-state index in [0.29, 0.717) is 5.95 Å². The molecular weight excluding hydrogens is 388 g/mol. The number of nitrogens with one attached hydrogen (secondary N) is 1. The summed E-state index contributed by atoms with van der Waals surface area (Å²) in [4.78, 5) is 21.8. The van der Waals surface area contributed by atoms with Crippen LogP contribution in [0.25, 0.3) is 28.1 Å². The summed E-state index contributed by atoms with van der Waals surface area (Å²) in [6.07, 6.45) is 5.15. The highest BCUT2D eigenvalue weighted by molar-refractivity contribution is 5.82. The van der Waals surface area contributed by atoms with Crippen LogP contribution in [0.2, 0.25) is 0 Å². The number of fused-ring (bicyclic) bond motifs is 1. The summed E-state index contributed by atoms with van der Waals surface area (Å²) >= 11 is 0. The van der Waals surface area contributed by atoms with E-state index in [1.165, 1.54) is 5.56 Å². The summed E-state index contributed by atoms with van der Waals surface area (Å²) in [5.74, 6) is 1.54. The van der Waals surface area contributed by atoms with Gasteiger partial charge in [0, 0.05) is 18.0 Å². The molecular formula is C23H20N8. The number of nitrogens with zero attached hydrogens (tertiary/aromatic N) is 6. The van der Waals surface area contributed by atoms with Crippen molar-refractivity contribution in [3.63, 3.8) is 0 Å². The molecule has 0 bridgehead atoms. The lowest BCUT2D eigenvalue weighted by Crippen LogP contribution is -2.10. The van der Waals surface area contributed by atoms with Crippen LogP contribution < -0.4 is 11.1 Å². The number of rotatable bonds is 5. The van der Waals surface area contributed by atoms with Crippen molar-refractivity contribution in [3.05, 3.63) is 84.9 Å². The van der Waals surface area contributed by atoms with E-state index in [2.05, 4.69) is 49.3 Å². The topological polar surface area (TPSA) is 107 Å². The van der Waals surface area contributed by atoms with Gasteiger partial charge in [-0.3, -0.25) is 4.57 Å². The summed E-state index contributed by atoms with van der Waals surface area (Å²) in [6, 6.07) is 19.9. The fourth-order valence-corrected chi connectivity index (χ4v) is 3.46. The molecule has 0 fully saturated rings. The smallest absolute Gasteiger partial charge is 0.225 e. The Morgan fingerprint density at radius 1 is 0.903 bits per heavy atom. The van der Waals surface area contributed by atoms with E-state index in [4.69, 9.17) is 5.73 Å². The molecule has 2 aromatic carbocycles. The number of hydrogen-bond acceptors (Lipinski definition) is 7. The Morgan fingerprint density at radius 2 is 1.74 bits per heavy atom. The predicted molar refractivity (Wildman–Crippen MR) is 121 cm³/mol. The molecule has 0 aliphatic heterocycles. The van der Waals surface area contributed by atoms with Gasteiger partial charge in [-0.2, -0.15) is 4.98 Å². The average molecular weight is 408 g/mol. The average Bonchev–Trinajstić information content (AvgIpc) is 3.23. The van der Waals surface area contributed by atoms with Crippen LogP contribution in [0.1, 0.15) is 18.5 Å². The van der Waals surface area contributed by atoms with Crippen molar-refractivity contribution in [1.29, 1.82) is 0 Å². The monoisotopic (exact) mass is 408 g/mol. The molecule has 1 atom stereocenters. The van der Waals surface area contributed by atoms with Gasteiger partial charge >= 0.3 is 0 Å². The number of hydrogen-bond donors (Lipinski definition) is 2. The Labute approximate surface area is 178 Å². The molecule has 5 rings (SSSR count). The molecule has 3 aromatic heterocycles. The van der Waals surface area contributed by atoms with Gasteiger partial charge in [-0.05, 0) is 36.8 Å². The van der Waals surface area contributed by atoms with Gasteiger partial charge in [0.15, 0.2) is 0 Å². The third-order valence-electron chi connectivity index (χ3n) is 5.05. The maximum atomic E-state index is 5.71. The third-order valence-corrected chi connectivity index (χ3v) is 5.05. The zero-order chi connectivity index (χ0) is 21.2. The number of anilines is 2. The zero-order valence-electron chi connectivity index (χ0n) is 16.8. The maximum absolute atomic E-state index is 5.71. The number of nitrogen functional groups attached to an aromatic ring is 1. The zero-order valence-corrected chi connectivity index (χ0v) is 16.8. The Kier molecular flexibility index (Phi) is 4.72. The fourth-order valence-electron chi connectivity index (χ4n) is 3.46. The molecule has 0 saturated heterocycles. The van der Waals surface area contributed by atoms with Crippen molar-refractivity contribution in [2.24, 2.45) is 0 Å². The highest BCUT2D eigenvalue weighted by Gasteiger charge is 2.11. The van der Waals surface area contributed by atoms with E-state index in [0.717, 1.165) is 28.1 Å². The second-order valence-corrected chi connectivity index (χ2v) is 7.13. The molecule has 0 aliphatic carbocycles. The van der Waals surface area contributed by atoms with E-state index < -0.39 is 0 Å². The molecule has 8 nitrogen and oxygen atoms in total. The van der Waals surface area contributed by atoms with Crippen LogP contribution in [0.5, 0.6) is 0 Å². The van der Waals surface area contributed by atoms with Crippen LogP contribution in [0.15, 0.2) is 79.4 Å². The molecule has 0 saturated carbocycles. The van der Waals surface area contributed by atoms with Crippen molar-refractivity contribution >= 4 is 22.9 Å². The first kappa shape index (κ1) is 18.7. The Hall–Kier alpha value is -4.33. The minimum absolute atomic E-state index is 0.0823. The number of nitrogens with two attached hydrogens (primary N) is 1. The van der Waals surface area contributed by atoms with Gasteiger partial charge in [-0.25, -0.2) is 19.9 Å². The summed E-state index contributed by atoms with van der Waals surface area (Å²) in [5, 5.41) is 3.36. The quantitative estimate of drug-likeness (QED) is 0.452. The summed E-state index contributed by atoms with van der Waals surface area (Å²) in [5.41, 5.74) is 10.3. The summed E-state index contributed by atoms with van der Waals surface area (Å²) in [7, 11) is 0. The largest absolute Gasteiger partial charge is 0.368 e. The molecule has 0 aliphatic rings. The van der Waals surface area contributed by atoms with E-state index >= 15 is 0 Å². The molecule has 3 heterocycles. The minimum Gasteiger partial charge on any atom is -0.368 e. The van der Waals surface area contributed by atoms with Crippen molar-refractivity contribution in [2.75, 3.05) is 11.1 Å². The van der Waals surface area contributed by atoms with E-state index in [1.54, 1.807) is 18.7 Å². The number of aromatic nitrogens is 6. The molecule has 0 spiro atoms.